The highest BCUT2D eigenvalue weighted by molar-refractivity contribution is 5.92. The number of hydrogen-bond donors (Lipinski definition) is 2. The van der Waals surface area contributed by atoms with E-state index in [1.807, 2.05) is 0 Å². The first kappa shape index (κ1) is 12.1. The molecule has 6 nitrogen and oxygen atoms in total. The summed E-state index contributed by atoms with van der Waals surface area (Å²) in [5.74, 6) is -1.64. The number of hydrogen-bond acceptors (Lipinski definition) is 5. The first-order valence-electron chi connectivity index (χ1n) is 5.28. The Labute approximate surface area is 103 Å². The Kier molecular flexibility index (Phi) is 2.80. The summed E-state index contributed by atoms with van der Waals surface area (Å²) in [7, 11) is 1.33. The third kappa shape index (κ3) is 1.83. The number of carbonyl (C=O) groups is 1. The molecule has 0 aliphatic heterocycles. The highest BCUT2D eigenvalue weighted by Crippen LogP contribution is 2.51. The van der Waals surface area contributed by atoms with Crippen LogP contribution in [0.3, 0.4) is 0 Å². The number of aromatic carboxylic acids is 1. The predicted molar refractivity (Wildman–Crippen MR) is 60.7 cm³/mol. The molecule has 1 saturated carbocycles. The van der Waals surface area contributed by atoms with Gasteiger partial charge >= 0.3 is 5.97 Å². The van der Waals surface area contributed by atoms with Crippen molar-refractivity contribution in [3.63, 3.8) is 0 Å². The zero-order chi connectivity index (χ0) is 13.3. The molecule has 2 N–H and O–H groups in total. The van der Waals surface area contributed by atoms with Crippen LogP contribution in [0, 0.1) is 0 Å². The summed E-state index contributed by atoms with van der Waals surface area (Å²) in [4.78, 5) is 25.1. The maximum Gasteiger partial charge on any atom is 0.339 e. The smallest absolute Gasteiger partial charge is 0.339 e. The fraction of sp³-hybridized carbons (Fsp3) is 0.333. The SMILES string of the molecule is COc1cc(C2(N=C=O)CC2)cc(C(=O)O)c1O. The summed E-state index contributed by atoms with van der Waals surface area (Å²) in [5, 5.41) is 18.7. The second kappa shape index (κ2) is 4.16. The number of rotatable bonds is 4. The molecule has 1 aliphatic carbocycles. The summed E-state index contributed by atoms with van der Waals surface area (Å²) in [5.41, 5.74) is -0.429. The number of phenols is 1. The van der Waals surface area contributed by atoms with Crippen molar-refractivity contribution < 1.29 is 24.5 Å². The van der Waals surface area contributed by atoms with Crippen molar-refractivity contribution in [1.82, 2.24) is 0 Å². The van der Waals surface area contributed by atoms with Gasteiger partial charge in [0.2, 0.25) is 6.08 Å². The average molecular weight is 249 g/mol. The van der Waals surface area contributed by atoms with Crippen LogP contribution in [0.1, 0.15) is 28.8 Å². The molecule has 1 fully saturated rings. The van der Waals surface area contributed by atoms with E-state index in [-0.39, 0.29) is 11.3 Å². The summed E-state index contributed by atoms with van der Waals surface area (Å²) >= 11 is 0. The standard InChI is InChI=1S/C12H11NO5/c1-18-9-5-7(12(2-3-12)13-6-14)4-8(10(9)15)11(16)17/h4-5,15H,2-3H2,1H3,(H,16,17). The number of carboxylic acids is 1. The lowest BCUT2D eigenvalue weighted by Gasteiger charge is -2.13. The van der Waals surface area contributed by atoms with Crippen LogP contribution >= 0.6 is 0 Å². The van der Waals surface area contributed by atoms with Gasteiger partial charge in [-0.25, -0.2) is 9.59 Å². The van der Waals surface area contributed by atoms with E-state index in [1.165, 1.54) is 25.3 Å². The highest BCUT2D eigenvalue weighted by Gasteiger charge is 2.45. The second-order valence-corrected chi connectivity index (χ2v) is 4.11. The van der Waals surface area contributed by atoms with Crippen molar-refractivity contribution in [3.05, 3.63) is 23.3 Å². The van der Waals surface area contributed by atoms with Gasteiger partial charge in [-0.05, 0) is 30.5 Å². The molecule has 6 heteroatoms. The number of aromatic hydroxyl groups is 1. The van der Waals surface area contributed by atoms with Crippen LogP contribution in [-0.2, 0) is 10.3 Å². The summed E-state index contributed by atoms with van der Waals surface area (Å²) in [6.07, 6.45) is 2.79. The quantitative estimate of drug-likeness (QED) is 0.621. The Balaban J connectivity index is 2.60. The lowest BCUT2D eigenvalue weighted by Crippen LogP contribution is -2.07. The van der Waals surface area contributed by atoms with E-state index in [0.29, 0.717) is 18.4 Å². The number of aliphatic imine (C=N–C) groups is 1. The van der Waals surface area contributed by atoms with Crippen molar-refractivity contribution >= 4 is 12.0 Å². The first-order valence-corrected chi connectivity index (χ1v) is 5.28. The Morgan fingerprint density at radius 3 is 2.61 bits per heavy atom. The molecule has 0 aromatic heterocycles. The number of isocyanates is 1. The number of ether oxygens (including phenoxy) is 1. The summed E-state index contributed by atoms with van der Waals surface area (Å²) in [6, 6.07) is 2.81. The fourth-order valence-corrected chi connectivity index (χ4v) is 1.87. The molecule has 0 unspecified atom stereocenters. The molecule has 0 atom stereocenters. The minimum absolute atomic E-state index is 0.0530. The zero-order valence-electron chi connectivity index (χ0n) is 9.64. The lowest BCUT2D eigenvalue weighted by atomic mass is 10.0. The van der Waals surface area contributed by atoms with Crippen molar-refractivity contribution in [1.29, 1.82) is 0 Å². The normalized spacial score (nSPS) is 15.6. The van der Waals surface area contributed by atoms with Crippen molar-refractivity contribution in [2.75, 3.05) is 7.11 Å². The molecule has 2 rings (SSSR count). The zero-order valence-corrected chi connectivity index (χ0v) is 9.64. The van der Waals surface area contributed by atoms with Crippen molar-refractivity contribution in [2.24, 2.45) is 4.99 Å². The first-order chi connectivity index (χ1) is 8.54. The predicted octanol–water partition coefficient (Wildman–Crippen LogP) is 1.42. The van der Waals surface area contributed by atoms with Gasteiger partial charge in [-0.2, -0.15) is 4.99 Å². The van der Waals surface area contributed by atoms with Gasteiger partial charge in [-0.3, -0.25) is 0 Å². The van der Waals surface area contributed by atoms with Crippen LogP contribution < -0.4 is 4.74 Å². The number of benzene rings is 1. The van der Waals surface area contributed by atoms with E-state index in [9.17, 15) is 14.7 Å². The minimum atomic E-state index is -1.27. The summed E-state index contributed by atoms with van der Waals surface area (Å²) < 4.78 is 4.92. The Bertz CT molecular complexity index is 556. The third-order valence-electron chi connectivity index (χ3n) is 3.05. The number of carboxylic acid groups (broad SMARTS) is 1. The maximum absolute atomic E-state index is 11.0. The molecule has 1 aromatic carbocycles. The number of nitrogens with zero attached hydrogens (tertiary/aromatic N) is 1. The fourth-order valence-electron chi connectivity index (χ4n) is 1.87. The molecule has 0 amide bonds. The molecule has 0 saturated heterocycles. The van der Waals surface area contributed by atoms with Gasteiger partial charge in [-0.15, -0.1) is 0 Å². The average Bonchev–Trinajstić information content (AvgIpc) is 3.10. The number of carbonyl (C=O) groups excluding carboxylic acids is 1. The topological polar surface area (TPSA) is 96.2 Å². The van der Waals surface area contributed by atoms with Gasteiger partial charge in [0.25, 0.3) is 0 Å². The lowest BCUT2D eigenvalue weighted by molar-refractivity contribution is 0.0693. The Morgan fingerprint density at radius 1 is 1.50 bits per heavy atom. The van der Waals surface area contributed by atoms with Crippen LogP contribution in [0.4, 0.5) is 0 Å². The second-order valence-electron chi connectivity index (χ2n) is 4.11. The van der Waals surface area contributed by atoms with E-state index in [4.69, 9.17) is 9.84 Å². The van der Waals surface area contributed by atoms with Crippen LogP contribution in [0.5, 0.6) is 11.5 Å². The molecule has 1 aromatic rings. The van der Waals surface area contributed by atoms with Gasteiger partial charge in [-0.1, -0.05) is 0 Å². The molecule has 0 heterocycles. The van der Waals surface area contributed by atoms with Crippen LogP contribution in [0.25, 0.3) is 0 Å². The van der Waals surface area contributed by atoms with Gasteiger partial charge in [0.1, 0.15) is 5.56 Å². The van der Waals surface area contributed by atoms with Crippen LogP contribution in [-0.4, -0.2) is 29.4 Å². The highest BCUT2D eigenvalue weighted by atomic mass is 16.5. The van der Waals surface area contributed by atoms with E-state index < -0.39 is 17.3 Å². The summed E-state index contributed by atoms with van der Waals surface area (Å²) in [6.45, 7) is 0. The molecular formula is C12H11NO5. The van der Waals surface area contributed by atoms with Crippen LogP contribution in [0.15, 0.2) is 17.1 Å². The molecule has 94 valence electrons. The van der Waals surface area contributed by atoms with Gasteiger partial charge in [0.15, 0.2) is 11.5 Å². The van der Waals surface area contributed by atoms with Gasteiger partial charge < -0.3 is 14.9 Å². The minimum Gasteiger partial charge on any atom is -0.504 e. The molecule has 18 heavy (non-hydrogen) atoms. The monoisotopic (exact) mass is 249 g/mol. The molecule has 0 bridgehead atoms. The molecule has 0 spiro atoms. The van der Waals surface area contributed by atoms with Crippen molar-refractivity contribution in [2.45, 2.75) is 18.4 Å². The number of methoxy groups -OCH3 is 1. The maximum atomic E-state index is 11.0. The Hall–Kier alpha value is -2.33. The third-order valence-corrected chi connectivity index (χ3v) is 3.05. The van der Waals surface area contributed by atoms with E-state index in [1.54, 1.807) is 0 Å². The van der Waals surface area contributed by atoms with E-state index in [0.717, 1.165) is 0 Å². The molecular weight excluding hydrogens is 238 g/mol. The van der Waals surface area contributed by atoms with Gasteiger partial charge in [0, 0.05) is 0 Å². The Morgan fingerprint density at radius 2 is 2.17 bits per heavy atom. The molecule has 1 aliphatic rings. The van der Waals surface area contributed by atoms with E-state index >= 15 is 0 Å². The van der Waals surface area contributed by atoms with Crippen molar-refractivity contribution in [3.8, 4) is 11.5 Å². The van der Waals surface area contributed by atoms with E-state index in [2.05, 4.69) is 4.99 Å². The largest absolute Gasteiger partial charge is 0.504 e. The van der Waals surface area contributed by atoms with Crippen LogP contribution in [0.2, 0.25) is 0 Å². The van der Waals surface area contributed by atoms with Gasteiger partial charge in [0.05, 0.1) is 12.6 Å². The molecule has 0 radical (unpaired) electrons.